The van der Waals surface area contributed by atoms with Gasteiger partial charge in [-0.05, 0) is 18.8 Å². The molecule has 0 amide bonds. The van der Waals surface area contributed by atoms with E-state index in [2.05, 4.69) is 24.2 Å². The minimum absolute atomic E-state index is 0.552. The van der Waals surface area contributed by atoms with Crippen LogP contribution in [0.3, 0.4) is 0 Å². The predicted octanol–water partition coefficient (Wildman–Crippen LogP) is 1.87. The molecule has 1 atom stereocenters. The molecule has 1 fully saturated rings. The zero-order valence-electron chi connectivity index (χ0n) is 7.71. The van der Waals surface area contributed by atoms with E-state index in [1.54, 1.807) is 0 Å². The van der Waals surface area contributed by atoms with Crippen molar-refractivity contribution in [3.8, 4) is 0 Å². The number of aliphatic imine (C=N–C) groups is 1. The maximum atomic E-state index is 4.64. The first-order valence-corrected chi connectivity index (χ1v) is 5.71. The van der Waals surface area contributed by atoms with Crippen molar-refractivity contribution in [1.29, 1.82) is 0 Å². The largest absolute Gasteiger partial charge is 0.362 e. The molecule has 1 aliphatic heterocycles. The summed E-state index contributed by atoms with van der Waals surface area (Å²) in [6.45, 7) is 4.49. The maximum Gasteiger partial charge on any atom is 0.157 e. The number of amidine groups is 1. The third-order valence-electron chi connectivity index (χ3n) is 2.35. The minimum atomic E-state index is 0.552. The molecule has 2 aliphatic rings. The molecule has 1 saturated carbocycles. The first-order chi connectivity index (χ1) is 5.75. The van der Waals surface area contributed by atoms with Crippen LogP contribution in [0.2, 0.25) is 0 Å². The predicted molar refractivity (Wildman–Crippen MR) is 54.7 cm³/mol. The van der Waals surface area contributed by atoms with Gasteiger partial charge in [-0.15, -0.1) is 0 Å². The average Bonchev–Trinajstić information content (AvgIpc) is 2.66. The Balaban J connectivity index is 1.86. The van der Waals surface area contributed by atoms with Crippen LogP contribution in [-0.2, 0) is 0 Å². The molecule has 68 valence electrons. The highest BCUT2D eigenvalue weighted by molar-refractivity contribution is 8.14. The molecule has 2 nitrogen and oxygen atoms in total. The highest BCUT2D eigenvalue weighted by Gasteiger charge is 2.26. The summed E-state index contributed by atoms with van der Waals surface area (Å²) in [6.07, 6.45) is 2.68. The van der Waals surface area contributed by atoms with E-state index in [9.17, 15) is 0 Å². The monoisotopic (exact) mass is 184 g/mol. The van der Waals surface area contributed by atoms with Crippen molar-refractivity contribution in [1.82, 2.24) is 5.32 Å². The van der Waals surface area contributed by atoms with E-state index in [0.29, 0.717) is 12.0 Å². The van der Waals surface area contributed by atoms with Gasteiger partial charge in [-0.3, -0.25) is 4.99 Å². The Kier molecular flexibility index (Phi) is 2.31. The Labute approximate surface area is 78.2 Å². The molecule has 0 aromatic carbocycles. The molecule has 1 heterocycles. The van der Waals surface area contributed by atoms with Crippen molar-refractivity contribution < 1.29 is 0 Å². The maximum absolute atomic E-state index is 4.64. The summed E-state index contributed by atoms with van der Waals surface area (Å²) in [4.78, 5) is 4.64. The molecule has 0 saturated heterocycles. The molecule has 0 bridgehead atoms. The van der Waals surface area contributed by atoms with Gasteiger partial charge in [-0.2, -0.15) is 0 Å². The van der Waals surface area contributed by atoms with Crippen molar-refractivity contribution >= 4 is 16.9 Å². The summed E-state index contributed by atoms with van der Waals surface area (Å²) >= 11 is 1.89. The highest BCUT2D eigenvalue weighted by atomic mass is 32.2. The molecule has 0 aromatic rings. The second-order valence-corrected chi connectivity index (χ2v) is 4.98. The van der Waals surface area contributed by atoms with Crippen molar-refractivity contribution in [3.05, 3.63) is 0 Å². The van der Waals surface area contributed by atoms with E-state index < -0.39 is 0 Å². The molecule has 2 rings (SSSR count). The average molecular weight is 184 g/mol. The summed E-state index contributed by atoms with van der Waals surface area (Å²) in [7, 11) is 0. The normalized spacial score (nSPS) is 29.2. The molecule has 1 aliphatic carbocycles. The van der Waals surface area contributed by atoms with E-state index in [1.807, 2.05) is 11.8 Å². The van der Waals surface area contributed by atoms with Crippen molar-refractivity contribution in [2.24, 2.45) is 10.9 Å². The van der Waals surface area contributed by atoms with E-state index in [0.717, 1.165) is 6.04 Å². The fourth-order valence-electron chi connectivity index (χ4n) is 1.21. The molecule has 12 heavy (non-hydrogen) atoms. The summed E-state index contributed by atoms with van der Waals surface area (Å²) < 4.78 is 0. The number of nitrogens with zero attached hydrogens (tertiary/aromatic N) is 1. The third kappa shape index (κ3) is 1.94. The van der Waals surface area contributed by atoms with Crippen molar-refractivity contribution in [2.75, 3.05) is 5.75 Å². The Hall–Kier alpha value is -0.180. The molecule has 3 heteroatoms. The third-order valence-corrected chi connectivity index (χ3v) is 3.35. The number of thioether (sulfide) groups is 1. The van der Waals surface area contributed by atoms with Gasteiger partial charge in [0.25, 0.3) is 0 Å². The molecular formula is C9H16N2S. The number of hydrogen-bond donors (Lipinski definition) is 1. The van der Waals surface area contributed by atoms with Crippen LogP contribution in [0.25, 0.3) is 0 Å². The second kappa shape index (κ2) is 3.29. The van der Waals surface area contributed by atoms with E-state index in [4.69, 9.17) is 0 Å². The lowest BCUT2D eigenvalue weighted by Crippen LogP contribution is -2.21. The molecule has 0 aromatic heterocycles. The van der Waals surface area contributed by atoms with Crippen molar-refractivity contribution in [3.63, 3.8) is 0 Å². The van der Waals surface area contributed by atoms with Gasteiger partial charge < -0.3 is 5.32 Å². The molecule has 0 radical (unpaired) electrons. The lowest BCUT2D eigenvalue weighted by molar-refractivity contribution is 0.542. The van der Waals surface area contributed by atoms with Crippen molar-refractivity contribution in [2.45, 2.75) is 38.8 Å². The van der Waals surface area contributed by atoms with Gasteiger partial charge in [0.1, 0.15) is 0 Å². The molecule has 1 N–H and O–H groups in total. The van der Waals surface area contributed by atoms with Crippen LogP contribution in [0, 0.1) is 5.92 Å². The molecule has 1 unspecified atom stereocenters. The number of nitrogens with one attached hydrogen (secondary N) is 1. The number of rotatable bonds is 2. The fraction of sp³-hybridized carbons (Fsp3) is 0.889. The van der Waals surface area contributed by atoms with Crippen LogP contribution in [0.4, 0.5) is 0 Å². The van der Waals surface area contributed by atoms with Gasteiger partial charge in [-0.25, -0.2) is 0 Å². The topological polar surface area (TPSA) is 24.4 Å². The second-order valence-electron chi connectivity index (χ2n) is 3.98. The van der Waals surface area contributed by atoms with Crippen LogP contribution >= 0.6 is 11.8 Å². The lowest BCUT2D eigenvalue weighted by Gasteiger charge is -2.07. The van der Waals surface area contributed by atoms with E-state index in [1.165, 1.54) is 23.8 Å². The summed E-state index contributed by atoms with van der Waals surface area (Å²) in [5.74, 6) is 1.86. The Morgan fingerprint density at radius 3 is 2.75 bits per heavy atom. The smallest absolute Gasteiger partial charge is 0.157 e. The van der Waals surface area contributed by atoms with Crippen LogP contribution in [-0.4, -0.2) is 23.0 Å². The Morgan fingerprint density at radius 2 is 2.25 bits per heavy atom. The van der Waals surface area contributed by atoms with Crippen LogP contribution < -0.4 is 5.32 Å². The van der Waals surface area contributed by atoms with Crippen LogP contribution in [0.1, 0.15) is 26.7 Å². The fourth-order valence-corrected chi connectivity index (χ4v) is 2.46. The Bertz CT molecular complexity index is 197. The lowest BCUT2D eigenvalue weighted by atomic mass is 10.1. The Morgan fingerprint density at radius 1 is 1.50 bits per heavy atom. The quantitative estimate of drug-likeness (QED) is 0.708. The van der Waals surface area contributed by atoms with Crippen LogP contribution in [0.15, 0.2) is 4.99 Å². The standard InChI is InChI=1S/C9H16N2S/c1-6(2)8-5-12-9(11-8)10-7-3-4-7/h6-8H,3-5H2,1-2H3,(H,10,11). The van der Waals surface area contributed by atoms with Gasteiger partial charge in [0, 0.05) is 11.8 Å². The van der Waals surface area contributed by atoms with Gasteiger partial charge in [-0.1, -0.05) is 25.6 Å². The molecule has 0 spiro atoms. The van der Waals surface area contributed by atoms with E-state index >= 15 is 0 Å². The van der Waals surface area contributed by atoms with Gasteiger partial charge in [0.05, 0.1) is 6.04 Å². The number of hydrogen-bond acceptors (Lipinski definition) is 3. The summed E-state index contributed by atoms with van der Waals surface area (Å²) in [6, 6.07) is 1.30. The summed E-state index contributed by atoms with van der Waals surface area (Å²) in [5, 5.41) is 4.64. The van der Waals surface area contributed by atoms with Gasteiger partial charge in [0.2, 0.25) is 0 Å². The zero-order chi connectivity index (χ0) is 8.55. The first kappa shape index (κ1) is 8.42. The SMILES string of the molecule is CC(C)C1CSC(NC2CC2)=N1. The minimum Gasteiger partial charge on any atom is -0.362 e. The summed E-state index contributed by atoms with van der Waals surface area (Å²) in [5.41, 5.74) is 0. The highest BCUT2D eigenvalue weighted by Crippen LogP contribution is 2.25. The van der Waals surface area contributed by atoms with E-state index in [-0.39, 0.29) is 0 Å². The van der Waals surface area contributed by atoms with Gasteiger partial charge in [0.15, 0.2) is 5.17 Å². The molecular weight excluding hydrogens is 168 g/mol. The van der Waals surface area contributed by atoms with Gasteiger partial charge >= 0.3 is 0 Å². The van der Waals surface area contributed by atoms with Crippen LogP contribution in [0.5, 0.6) is 0 Å². The first-order valence-electron chi connectivity index (χ1n) is 4.73. The zero-order valence-corrected chi connectivity index (χ0v) is 8.53.